The van der Waals surface area contributed by atoms with Crippen molar-refractivity contribution in [2.45, 2.75) is 39.3 Å². The monoisotopic (exact) mass is 421 g/mol. The molecule has 2 aliphatic rings. The molecule has 8 nitrogen and oxygen atoms in total. The average Bonchev–Trinajstić information content (AvgIpc) is 3.18. The fraction of sp³-hybridized carbons (Fsp3) is 0.522. The summed E-state index contributed by atoms with van der Waals surface area (Å²) in [5, 5.41) is 0. The molecule has 0 saturated carbocycles. The molecular weight excluding hydrogens is 390 g/mol. The molecule has 0 radical (unpaired) electrons. The van der Waals surface area contributed by atoms with Crippen LogP contribution < -0.4 is 15.5 Å². The second-order valence-corrected chi connectivity index (χ2v) is 8.75. The highest BCUT2D eigenvalue weighted by Crippen LogP contribution is 2.26. The highest BCUT2D eigenvalue weighted by Gasteiger charge is 2.22. The third-order valence-electron chi connectivity index (χ3n) is 6.66. The molecule has 8 heteroatoms. The van der Waals surface area contributed by atoms with Crippen molar-refractivity contribution < 1.29 is 4.42 Å². The number of nitrogens with two attached hydrogens (primary N) is 1. The van der Waals surface area contributed by atoms with Crippen molar-refractivity contribution in [1.82, 2.24) is 19.9 Å². The summed E-state index contributed by atoms with van der Waals surface area (Å²) in [6, 6.07) is 6.68. The number of hydrogen-bond acceptors (Lipinski definition) is 8. The zero-order chi connectivity index (χ0) is 21.4. The molecule has 2 fully saturated rings. The normalized spacial score (nSPS) is 18.8. The van der Waals surface area contributed by atoms with Gasteiger partial charge in [0.25, 0.3) is 0 Å². The molecule has 2 aliphatic heterocycles. The number of oxazole rings is 1. The molecule has 1 aromatic carbocycles. The molecule has 164 valence electrons. The molecule has 5 rings (SSSR count). The van der Waals surface area contributed by atoms with E-state index in [0.717, 1.165) is 87.2 Å². The van der Waals surface area contributed by atoms with Gasteiger partial charge in [-0.25, -0.2) is 15.0 Å². The van der Waals surface area contributed by atoms with Gasteiger partial charge in [-0.05, 0) is 38.8 Å². The van der Waals surface area contributed by atoms with E-state index in [-0.39, 0.29) is 0 Å². The minimum atomic E-state index is 0.333. The van der Waals surface area contributed by atoms with Gasteiger partial charge in [0.1, 0.15) is 17.7 Å². The minimum Gasteiger partial charge on any atom is -0.439 e. The van der Waals surface area contributed by atoms with Gasteiger partial charge in [0, 0.05) is 68.3 Å². The van der Waals surface area contributed by atoms with E-state index in [1.165, 1.54) is 11.3 Å². The summed E-state index contributed by atoms with van der Waals surface area (Å²) in [5.41, 5.74) is 11.3. The molecule has 2 N–H and O–H groups in total. The lowest BCUT2D eigenvalue weighted by Gasteiger charge is -2.35. The summed E-state index contributed by atoms with van der Waals surface area (Å²) in [5.74, 6) is 1.84. The maximum absolute atomic E-state index is 6.13. The third-order valence-corrected chi connectivity index (χ3v) is 6.66. The molecule has 0 unspecified atom stereocenters. The van der Waals surface area contributed by atoms with Gasteiger partial charge in [-0.1, -0.05) is 0 Å². The van der Waals surface area contributed by atoms with Gasteiger partial charge in [0.05, 0.1) is 6.54 Å². The largest absolute Gasteiger partial charge is 0.439 e. The Bertz CT molecular complexity index is 1050. The van der Waals surface area contributed by atoms with Crippen LogP contribution in [0.15, 0.2) is 28.9 Å². The summed E-state index contributed by atoms with van der Waals surface area (Å²) in [4.78, 5) is 20.7. The van der Waals surface area contributed by atoms with E-state index in [1.54, 1.807) is 6.33 Å². The van der Waals surface area contributed by atoms with Gasteiger partial charge >= 0.3 is 0 Å². The predicted molar refractivity (Wildman–Crippen MR) is 122 cm³/mol. The van der Waals surface area contributed by atoms with Crippen LogP contribution in [-0.2, 0) is 6.54 Å². The summed E-state index contributed by atoms with van der Waals surface area (Å²) in [6.45, 7) is 10.7. The van der Waals surface area contributed by atoms with E-state index < -0.39 is 0 Å². The van der Waals surface area contributed by atoms with Gasteiger partial charge in [-0.15, -0.1) is 0 Å². The third kappa shape index (κ3) is 4.22. The van der Waals surface area contributed by atoms with Crippen molar-refractivity contribution in [3.8, 4) is 0 Å². The molecule has 2 saturated heterocycles. The van der Waals surface area contributed by atoms with E-state index in [1.807, 2.05) is 6.92 Å². The summed E-state index contributed by atoms with van der Waals surface area (Å²) >= 11 is 0. The van der Waals surface area contributed by atoms with Crippen molar-refractivity contribution in [2.75, 3.05) is 49.1 Å². The number of aromatic nitrogens is 3. The standard InChI is InChI=1S/C23H31N7O/c1-16-17(2)25-15-26-23(16)30-11-9-28(10-12-30)14-22-27-20-4-3-19(13-21(20)31-22)29-7-5-18(24)6-8-29/h3-4,13,15,18H,5-12,14,24H2,1-2H3. The van der Waals surface area contributed by atoms with Gasteiger partial charge in [0.2, 0.25) is 5.89 Å². The van der Waals surface area contributed by atoms with Crippen molar-refractivity contribution in [1.29, 1.82) is 0 Å². The quantitative estimate of drug-likeness (QED) is 0.688. The molecule has 0 atom stereocenters. The second-order valence-electron chi connectivity index (χ2n) is 8.75. The van der Waals surface area contributed by atoms with Crippen LogP contribution in [0.5, 0.6) is 0 Å². The first kappa shape index (κ1) is 20.2. The number of nitrogens with zero attached hydrogens (tertiary/aromatic N) is 6. The van der Waals surface area contributed by atoms with E-state index in [0.29, 0.717) is 6.04 Å². The van der Waals surface area contributed by atoms with E-state index in [9.17, 15) is 0 Å². The molecule has 0 bridgehead atoms. The highest BCUT2D eigenvalue weighted by molar-refractivity contribution is 5.77. The summed E-state index contributed by atoms with van der Waals surface area (Å²) in [7, 11) is 0. The van der Waals surface area contributed by atoms with Crippen LogP contribution in [0.25, 0.3) is 11.1 Å². The van der Waals surface area contributed by atoms with Crippen LogP contribution in [0.3, 0.4) is 0 Å². The molecule has 4 heterocycles. The first-order chi connectivity index (χ1) is 15.1. The number of anilines is 2. The lowest BCUT2D eigenvalue weighted by Crippen LogP contribution is -2.46. The lowest BCUT2D eigenvalue weighted by atomic mass is 10.1. The van der Waals surface area contributed by atoms with Gasteiger partial charge in [0.15, 0.2) is 5.58 Å². The molecule has 0 amide bonds. The first-order valence-corrected chi connectivity index (χ1v) is 11.2. The van der Waals surface area contributed by atoms with Crippen LogP contribution >= 0.6 is 0 Å². The molecule has 3 aromatic rings. The van der Waals surface area contributed by atoms with Crippen molar-refractivity contribution >= 4 is 22.6 Å². The first-order valence-electron chi connectivity index (χ1n) is 11.2. The summed E-state index contributed by atoms with van der Waals surface area (Å²) in [6.07, 6.45) is 3.74. The van der Waals surface area contributed by atoms with Crippen LogP contribution in [0.4, 0.5) is 11.5 Å². The Labute approximate surface area is 183 Å². The van der Waals surface area contributed by atoms with Crippen LogP contribution in [0, 0.1) is 13.8 Å². The number of rotatable bonds is 4. The topological polar surface area (TPSA) is 87.6 Å². The molecule has 31 heavy (non-hydrogen) atoms. The molecule has 0 aliphatic carbocycles. The predicted octanol–water partition coefficient (Wildman–Crippen LogP) is 2.48. The number of piperazine rings is 1. The fourth-order valence-electron chi connectivity index (χ4n) is 4.54. The Morgan fingerprint density at radius 3 is 2.55 bits per heavy atom. The SMILES string of the molecule is Cc1ncnc(N2CCN(Cc3nc4ccc(N5CCC(N)CC5)cc4o3)CC2)c1C. The maximum Gasteiger partial charge on any atom is 0.209 e. The van der Waals surface area contributed by atoms with Crippen LogP contribution in [-0.4, -0.2) is 65.2 Å². The van der Waals surface area contributed by atoms with Crippen molar-refractivity contribution in [3.05, 3.63) is 41.7 Å². The minimum absolute atomic E-state index is 0.333. The Morgan fingerprint density at radius 1 is 1.00 bits per heavy atom. The molecule has 2 aromatic heterocycles. The number of benzene rings is 1. The van der Waals surface area contributed by atoms with E-state index in [4.69, 9.17) is 15.1 Å². The second kappa shape index (κ2) is 8.43. The van der Waals surface area contributed by atoms with E-state index in [2.05, 4.69) is 49.8 Å². The Balaban J connectivity index is 1.22. The molecular formula is C23H31N7O. The van der Waals surface area contributed by atoms with Crippen molar-refractivity contribution in [3.63, 3.8) is 0 Å². The van der Waals surface area contributed by atoms with Crippen LogP contribution in [0.2, 0.25) is 0 Å². The van der Waals surface area contributed by atoms with E-state index >= 15 is 0 Å². The maximum atomic E-state index is 6.13. The highest BCUT2D eigenvalue weighted by atomic mass is 16.3. The smallest absolute Gasteiger partial charge is 0.209 e. The van der Waals surface area contributed by atoms with Crippen LogP contribution in [0.1, 0.15) is 30.0 Å². The van der Waals surface area contributed by atoms with Gasteiger partial charge in [-0.3, -0.25) is 4.90 Å². The summed E-state index contributed by atoms with van der Waals surface area (Å²) < 4.78 is 6.13. The number of aryl methyl sites for hydroxylation is 1. The van der Waals surface area contributed by atoms with Gasteiger partial charge < -0.3 is 20.0 Å². The number of piperidine rings is 1. The number of fused-ring (bicyclic) bond motifs is 1. The Morgan fingerprint density at radius 2 is 1.77 bits per heavy atom. The molecule has 0 spiro atoms. The Kier molecular flexibility index (Phi) is 5.50. The average molecular weight is 422 g/mol. The Hall–Kier alpha value is -2.71. The zero-order valence-electron chi connectivity index (χ0n) is 18.4. The van der Waals surface area contributed by atoms with Gasteiger partial charge in [-0.2, -0.15) is 0 Å². The zero-order valence-corrected chi connectivity index (χ0v) is 18.4. The lowest BCUT2D eigenvalue weighted by molar-refractivity contribution is 0.228. The fourth-order valence-corrected chi connectivity index (χ4v) is 4.54. The van der Waals surface area contributed by atoms with Crippen molar-refractivity contribution in [2.24, 2.45) is 5.73 Å². The number of hydrogen-bond donors (Lipinski definition) is 1.